The molecular formula is C20H24N4O5S. The van der Waals surface area contributed by atoms with E-state index < -0.39 is 10.0 Å². The average Bonchev–Trinajstić information content (AvgIpc) is 2.77. The minimum Gasteiger partial charge on any atom is -0.481 e. The lowest BCUT2D eigenvalue weighted by Crippen LogP contribution is -2.52. The van der Waals surface area contributed by atoms with Crippen LogP contribution in [-0.2, 0) is 16.6 Å². The first-order chi connectivity index (χ1) is 14.3. The van der Waals surface area contributed by atoms with Gasteiger partial charge in [0, 0.05) is 50.6 Å². The summed E-state index contributed by atoms with van der Waals surface area (Å²) in [5.74, 6) is 0.348. The fraction of sp³-hybridized carbons (Fsp3) is 0.350. The van der Waals surface area contributed by atoms with Crippen molar-refractivity contribution in [1.82, 2.24) is 19.5 Å². The van der Waals surface area contributed by atoms with Crippen LogP contribution in [0.5, 0.6) is 5.88 Å². The van der Waals surface area contributed by atoms with Crippen molar-refractivity contribution >= 4 is 21.8 Å². The smallest absolute Gasteiger partial charge is 0.317 e. The monoisotopic (exact) mass is 432 g/mol. The highest BCUT2D eigenvalue weighted by Gasteiger charge is 2.30. The Kier molecular flexibility index (Phi) is 6.68. The molecule has 30 heavy (non-hydrogen) atoms. The molecule has 1 saturated heterocycles. The molecule has 1 aliphatic rings. The average molecular weight is 433 g/mol. The van der Waals surface area contributed by atoms with Gasteiger partial charge in [-0.25, -0.2) is 18.2 Å². The Bertz CT molecular complexity index is 1020. The number of piperazine rings is 1. The van der Waals surface area contributed by atoms with E-state index in [1.54, 1.807) is 23.2 Å². The van der Waals surface area contributed by atoms with Gasteiger partial charge in [-0.1, -0.05) is 12.1 Å². The zero-order valence-corrected chi connectivity index (χ0v) is 17.7. The van der Waals surface area contributed by atoms with Crippen LogP contribution in [0.3, 0.4) is 0 Å². The molecule has 1 aromatic heterocycles. The number of carbonyl (C=O) groups excluding carboxylic acids is 2. The molecule has 0 aliphatic carbocycles. The molecule has 2 aromatic rings. The van der Waals surface area contributed by atoms with Gasteiger partial charge in [0.05, 0.1) is 12.0 Å². The lowest BCUT2D eigenvalue weighted by Gasteiger charge is -2.34. The van der Waals surface area contributed by atoms with Crippen LogP contribution in [0.15, 0.2) is 47.5 Å². The van der Waals surface area contributed by atoms with Gasteiger partial charge in [-0.2, -0.15) is 4.31 Å². The number of carbonyl (C=O) groups is 2. The third-order valence-electron chi connectivity index (χ3n) is 4.88. The molecule has 0 spiro atoms. The van der Waals surface area contributed by atoms with Crippen LogP contribution in [0.1, 0.15) is 22.8 Å². The van der Waals surface area contributed by atoms with Gasteiger partial charge in [0.1, 0.15) is 0 Å². The van der Waals surface area contributed by atoms with Gasteiger partial charge in [-0.05, 0) is 30.7 Å². The number of hydrogen-bond acceptors (Lipinski definition) is 6. The number of ether oxygens (including phenoxy) is 1. The van der Waals surface area contributed by atoms with Gasteiger partial charge in [0.25, 0.3) is 0 Å². The van der Waals surface area contributed by atoms with Crippen molar-refractivity contribution in [2.75, 3.05) is 33.3 Å². The number of sulfonamides is 1. The van der Waals surface area contributed by atoms with E-state index in [0.717, 1.165) is 5.56 Å². The Balaban J connectivity index is 1.55. The number of rotatable bonds is 6. The summed E-state index contributed by atoms with van der Waals surface area (Å²) in [4.78, 5) is 29.5. The quantitative estimate of drug-likeness (QED) is 0.693. The van der Waals surface area contributed by atoms with Gasteiger partial charge in [-0.3, -0.25) is 4.79 Å². The van der Waals surface area contributed by atoms with Crippen LogP contribution in [0.25, 0.3) is 0 Å². The van der Waals surface area contributed by atoms with E-state index in [9.17, 15) is 18.0 Å². The summed E-state index contributed by atoms with van der Waals surface area (Å²) in [6.45, 7) is 2.73. The highest BCUT2D eigenvalue weighted by atomic mass is 32.2. The predicted octanol–water partition coefficient (Wildman–Crippen LogP) is 1.51. The van der Waals surface area contributed by atoms with Crippen molar-refractivity contribution in [2.24, 2.45) is 0 Å². The maximum absolute atomic E-state index is 12.8. The SMILES string of the molecule is COc1cc(CNC(=O)N2CCN(S(=O)(=O)c3ccc(C(C)=O)cc3)CC2)ccn1. The summed E-state index contributed by atoms with van der Waals surface area (Å²) in [7, 11) is -2.15. The molecule has 1 aromatic carbocycles. The molecule has 1 N–H and O–H groups in total. The Morgan fingerprint density at radius 3 is 2.37 bits per heavy atom. The van der Waals surface area contributed by atoms with Crippen LogP contribution in [0.4, 0.5) is 4.79 Å². The van der Waals surface area contributed by atoms with Crippen LogP contribution in [0, 0.1) is 0 Å². The minimum absolute atomic E-state index is 0.121. The normalized spacial score (nSPS) is 14.9. The summed E-state index contributed by atoms with van der Waals surface area (Å²) in [6, 6.07) is 9.16. The Hall–Kier alpha value is -2.98. The van der Waals surface area contributed by atoms with E-state index in [4.69, 9.17) is 4.74 Å². The fourth-order valence-corrected chi connectivity index (χ4v) is 4.53. The molecule has 0 bridgehead atoms. The van der Waals surface area contributed by atoms with Crippen LogP contribution in [0.2, 0.25) is 0 Å². The number of ketones is 1. The summed E-state index contributed by atoms with van der Waals surface area (Å²) in [5, 5.41) is 2.83. The number of urea groups is 1. The molecular weight excluding hydrogens is 408 g/mol. The molecule has 0 unspecified atom stereocenters. The number of hydrogen-bond donors (Lipinski definition) is 1. The summed E-state index contributed by atoms with van der Waals surface area (Å²) < 4.78 is 32.1. The first-order valence-corrected chi connectivity index (χ1v) is 10.9. The number of pyridine rings is 1. The number of benzene rings is 1. The number of amides is 2. The number of aromatic nitrogens is 1. The molecule has 3 rings (SSSR count). The van der Waals surface area contributed by atoms with E-state index in [1.807, 2.05) is 0 Å². The van der Waals surface area contributed by atoms with Gasteiger partial charge in [0.15, 0.2) is 5.78 Å². The van der Waals surface area contributed by atoms with Crippen molar-refractivity contribution in [2.45, 2.75) is 18.4 Å². The fourth-order valence-electron chi connectivity index (χ4n) is 3.10. The standard InChI is InChI=1S/C20H24N4O5S/c1-15(25)17-3-5-18(6-4-17)30(27,28)24-11-9-23(10-12-24)20(26)22-14-16-7-8-21-19(13-16)29-2/h3-8,13H,9-12,14H2,1-2H3,(H,22,26). The van der Waals surface area contributed by atoms with Crippen LogP contribution >= 0.6 is 0 Å². The zero-order chi connectivity index (χ0) is 21.7. The number of Topliss-reactive ketones (excluding diaryl/α,β-unsaturated/α-hetero) is 1. The number of nitrogens with one attached hydrogen (secondary N) is 1. The molecule has 1 aliphatic heterocycles. The first kappa shape index (κ1) is 21.7. The lowest BCUT2D eigenvalue weighted by molar-refractivity contribution is 0.101. The third-order valence-corrected chi connectivity index (χ3v) is 6.79. The summed E-state index contributed by atoms with van der Waals surface area (Å²) >= 11 is 0. The van der Waals surface area contributed by atoms with E-state index in [2.05, 4.69) is 10.3 Å². The highest BCUT2D eigenvalue weighted by molar-refractivity contribution is 7.89. The molecule has 160 valence electrons. The molecule has 0 saturated carbocycles. The number of nitrogens with zero attached hydrogens (tertiary/aromatic N) is 3. The summed E-state index contributed by atoms with van der Waals surface area (Å²) in [5.41, 5.74) is 1.31. The van der Waals surface area contributed by atoms with Gasteiger partial charge < -0.3 is 15.0 Å². The minimum atomic E-state index is -3.67. The molecule has 9 nitrogen and oxygen atoms in total. The van der Waals surface area contributed by atoms with E-state index in [1.165, 1.54) is 42.6 Å². The first-order valence-electron chi connectivity index (χ1n) is 9.44. The number of methoxy groups -OCH3 is 1. The predicted molar refractivity (Wildman–Crippen MR) is 110 cm³/mol. The third kappa shape index (κ3) is 4.95. The molecule has 10 heteroatoms. The largest absolute Gasteiger partial charge is 0.481 e. The van der Waals surface area contributed by atoms with Gasteiger partial charge in [-0.15, -0.1) is 0 Å². The summed E-state index contributed by atoms with van der Waals surface area (Å²) in [6.07, 6.45) is 1.60. The second-order valence-corrected chi connectivity index (χ2v) is 8.77. The molecule has 0 radical (unpaired) electrons. The van der Waals surface area contributed by atoms with Crippen molar-refractivity contribution < 1.29 is 22.7 Å². The topological polar surface area (TPSA) is 109 Å². The van der Waals surface area contributed by atoms with Crippen LogP contribution < -0.4 is 10.1 Å². The Morgan fingerprint density at radius 2 is 1.77 bits per heavy atom. The lowest BCUT2D eigenvalue weighted by atomic mass is 10.2. The maximum atomic E-state index is 12.8. The Labute approximate surface area is 175 Å². The molecule has 2 amide bonds. The molecule has 2 heterocycles. The van der Waals surface area contributed by atoms with Crippen molar-refractivity contribution in [1.29, 1.82) is 0 Å². The molecule has 0 atom stereocenters. The second kappa shape index (κ2) is 9.23. The van der Waals surface area contributed by atoms with E-state index >= 15 is 0 Å². The van der Waals surface area contributed by atoms with Crippen molar-refractivity contribution in [3.05, 3.63) is 53.7 Å². The maximum Gasteiger partial charge on any atom is 0.317 e. The zero-order valence-electron chi connectivity index (χ0n) is 16.9. The van der Waals surface area contributed by atoms with Crippen molar-refractivity contribution in [3.8, 4) is 5.88 Å². The second-order valence-electron chi connectivity index (χ2n) is 6.84. The van der Waals surface area contributed by atoms with Crippen molar-refractivity contribution in [3.63, 3.8) is 0 Å². The van der Waals surface area contributed by atoms with Crippen LogP contribution in [-0.4, -0.2) is 67.7 Å². The Morgan fingerprint density at radius 1 is 1.10 bits per heavy atom. The van der Waals surface area contributed by atoms with Gasteiger partial charge >= 0.3 is 6.03 Å². The highest BCUT2D eigenvalue weighted by Crippen LogP contribution is 2.18. The van der Waals surface area contributed by atoms with E-state index in [-0.39, 0.29) is 42.9 Å². The van der Waals surface area contributed by atoms with E-state index in [0.29, 0.717) is 18.0 Å². The van der Waals surface area contributed by atoms with Gasteiger partial charge in [0.2, 0.25) is 15.9 Å². The molecule has 1 fully saturated rings.